The van der Waals surface area contributed by atoms with Crippen molar-refractivity contribution in [2.75, 3.05) is 12.1 Å². The number of hydrogen-bond donors (Lipinski definition) is 1. The maximum atomic E-state index is 14.0. The quantitative estimate of drug-likeness (QED) is 0.243. The largest absolute Gasteiger partial charge is 0.497 e. The van der Waals surface area contributed by atoms with Gasteiger partial charge in [0.15, 0.2) is 0 Å². The molecular weight excluding hydrogens is 547 g/mol. The van der Waals surface area contributed by atoms with Crippen LogP contribution in [0.2, 0.25) is 10.0 Å². The molecule has 0 amide bonds. The fraction of sp³-hybridized carbons (Fsp3) is 0.125. The maximum Gasteiger partial charge on any atom is 0.212 e. The standard InChI is InChI=1S/C24H15Cl2F2N5OS2/c1-34-12-4-2-11(3-5-12)17-10-18(31-23-29-15-8-6-13(27)19(25)21(15)35-23)32-33(17)24-30-16-9-7-14(28)20(26)22(16)36-24/h2-9,17H,10H2,1H3,(H,29,31,32). The fourth-order valence-electron chi connectivity index (χ4n) is 4.00. The summed E-state index contributed by atoms with van der Waals surface area (Å²) in [7, 11) is 1.61. The van der Waals surface area contributed by atoms with E-state index in [4.69, 9.17) is 32.9 Å². The lowest BCUT2D eigenvalue weighted by Crippen LogP contribution is -2.34. The zero-order chi connectivity index (χ0) is 25.0. The van der Waals surface area contributed by atoms with Gasteiger partial charge in [-0.05, 0) is 42.0 Å². The van der Waals surface area contributed by atoms with Gasteiger partial charge in [0, 0.05) is 6.42 Å². The van der Waals surface area contributed by atoms with Gasteiger partial charge in [-0.25, -0.2) is 23.7 Å². The van der Waals surface area contributed by atoms with Gasteiger partial charge in [-0.2, -0.15) is 0 Å². The number of hydrogen-bond acceptors (Lipinski definition) is 7. The van der Waals surface area contributed by atoms with Crippen LogP contribution in [-0.4, -0.2) is 22.9 Å². The van der Waals surface area contributed by atoms with Crippen molar-refractivity contribution in [2.24, 2.45) is 4.99 Å². The minimum absolute atomic E-state index is 0.0344. The maximum absolute atomic E-state index is 14.0. The highest BCUT2D eigenvalue weighted by Gasteiger charge is 2.33. The van der Waals surface area contributed by atoms with E-state index < -0.39 is 11.6 Å². The average Bonchev–Trinajstić information content (AvgIpc) is 3.61. The molecule has 1 fully saturated rings. The number of amidine groups is 1. The summed E-state index contributed by atoms with van der Waals surface area (Å²) in [6.07, 6.45) is 0.516. The molecule has 36 heavy (non-hydrogen) atoms. The molecule has 0 aliphatic carbocycles. The summed E-state index contributed by atoms with van der Waals surface area (Å²) in [5, 5.41) is 3.03. The summed E-state index contributed by atoms with van der Waals surface area (Å²) in [4.78, 5) is 13.9. The van der Waals surface area contributed by atoms with Crippen LogP contribution >= 0.6 is 45.9 Å². The van der Waals surface area contributed by atoms with Crippen LogP contribution in [-0.2, 0) is 0 Å². The van der Waals surface area contributed by atoms with Crippen molar-refractivity contribution < 1.29 is 13.5 Å². The van der Waals surface area contributed by atoms with E-state index in [0.717, 1.165) is 11.3 Å². The Morgan fingerprint density at radius 2 is 1.58 bits per heavy atom. The molecule has 6 rings (SSSR count). The molecule has 1 saturated heterocycles. The SMILES string of the molecule is COc1ccc(C2C/C(=N\c3nc4ccc(F)c(Cl)c4s3)NN2c2nc3ccc(F)c(Cl)c3s2)cc1. The van der Waals surface area contributed by atoms with E-state index in [1.54, 1.807) is 19.2 Å². The van der Waals surface area contributed by atoms with E-state index in [1.165, 1.54) is 34.8 Å². The number of aromatic nitrogens is 2. The second-order valence-electron chi connectivity index (χ2n) is 7.95. The van der Waals surface area contributed by atoms with Gasteiger partial charge in [0.25, 0.3) is 0 Å². The lowest BCUT2D eigenvalue weighted by Gasteiger charge is -2.23. The van der Waals surface area contributed by atoms with Crippen LogP contribution in [0.5, 0.6) is 5.75 Å². The highest BCUT2D eigenvalue weighted by atomic mass is 35.5. The zero-order valence-electron chi connectivity index (χ0n) is 18.4. The van der Waals surface area contributed by atoms with Crippen molar-refractivity contribution in [3.05, 3.63) is 75.8 Å². The number of nitrogens with one attached hydrogen (secondary N) is 1. The number of thiazole rings is 2. The monoisotopic (exact) mass is 561 g/mol. The summed E-state index contributed by atoms with van der Waals surface area (Å²) in [6.45, 7) is 0. The molecule has 12 heteroatoms. The Morgan fingerprint density at radius 3 is 2.25 bits per heavy atom. The van der Waals surface area contributed by atoms with Crippen LogP contribution in [0.15, 0.2) is 53.5 Å². The Hall–Kier alpha value is -3.05. The normalized spacial score (nSPS) is 16.9. The van der Waals surface area contributed by atoms with E-state index >= 15 is 0 Å². The number of rotatable bonds is 4. The van der Waals surface area contributed by atoms with Gasteiger partial charge in [-0.1, -0.05) is 58.0 Å². The number of fused-ring (bicyclic) bond motifs is 2. The third kappa shape index (κ3) is 4.03. The van der Waals surface area contributed by atoms with E-state index in [2.05, 4.69) is 15.4 Å². The van der Waals surface area contributed by atoms with Crippen LogP contribution in [0.1, 0.15) is 18.0 Å². The molecular formula is C24H15Cl2F2N5OS2. The fourth-order valence-corrected chi connectivity index (χ4v) is 6.44. The van der Waals surface area contributed by atoms with Gasteiger partial charge in [-0.15, -0.1) is 0 Å². The number of halogens is 4. The molecule has 2 aromatic heterocycles. The highest BCUT2D eigenvalue weighted by molar-refractivity contribution is 7.23. The van der Waals surface area contributed by atoms with Crippen LogP contribution in [0.25, 0.3) is 20.4 Å². The van der Waals surface area contributed by atoms with Gasteiger partial charge >= 0.3 is 0 Å². The Morgan fingerprint density at radius 1 is 0.944 bits per heavy atom. The first-order chi connectivity index (χ1) is 17.4. The van der Waals surface area contributed by atoms with Crippen LogP contribution in [0.4, 0.5) is 19.0 Å². The molecule has 0 bridgehead atoms. The summed E-state index contributed by atoms with van der Waals surface area (Å²) in [5.74, 6) is 0.394. The van der Waals surface area contributed by atoms with Crippen LogP contribution in [0, 0.1) is 11.6 Å². The van der Waals surface area contributed by atoms with E-state index in [9.17, 15) is 8.78 Å². The summed E-state index contributed by atoms with van der Waals surface area (Å²) >= 11 is 14.8. The lowest BCUT2D eigenvalue weighted by molar-refractivity contribution is 0.414. The first-order valence-electron chi connectivity index (χ1n) is 10.7. The first kappa shape index (κ1) is 23.4. The third-order valence-corrected chi connectivity index (χ3v) is 8.80. The average molecular weight is 562 g/mol. The number of methoxy groups -OCH3 is 1. The smallest absolute Gasteiger partial charge is 0.212 e. The van der Waals surface area contributed by atoms with Crippen molar-refractivity contribution in [3.8, 4) is 5.75 Å². The number of ether oxygens (including phenoxy) is 1. The molecule has 1 atom stereocenters. The number of aliphatic imine (C=N–C) groups is 1. The molecule has 5 aromatic rings. The predicted molar refractivity (Wildman–Crippen MR) is 142 cm³/mol. The molecule has 1 aliphatic heterocycles. The molecule has 6 nitrogen and oxygen atoms in total. The molecule has 3 aromatic carbocycles. The van der Waals surface area contributed by atoms with Crippen molar-refractivity contribution in [1.82, 2.24) is 15.4 Å². The van der Waals surface area contributed by atoms with Crippen molar-refractivity contribution in [2.45, 2.75) is 12.5 Å². The van der Waals surface area contributed by atoms with Crippen LogP contribution in [0.3, 0.4) is 0 Å². The molecule has 1 aliphatic rings. The highest BCUT2D eigenvalue weighted by Crippen LogP contribution is 2.41. The topological polar surface area (TPSA) is 62.6 Å². The Balaban J connectivity index is 1.41. The van der Waals surface area contributed by atoms with Gasteiger partial charge in [0.2, 0.25) is 10.3 Å². The summed E-state index contributed by atoms with van der Waals surface area (Å²) in [5.41, 5.74) is 5.50. The number of hydrazine groups is 1. The van der Waals surface area contributed by atoms with Crippen LogP contribution < -0.4 is 15.2 Å². The Bertz CT molecular complexity index is 1650. The number of benzene rings is 3. The van der Waals surface area contributed by atoms with Crippen molar-refractivity contribution in [3.63, 3.8) is 0 Å². The van der Waals surface area contributed by atoms with Gasteiger partial charge in [-0.3, -0.25) is 10.4 Å². The molecule has 1 unspecified atom stereocenters. The number of anilines is 1. The molecule has 1 N–H and O–H groups in total. The predicted octanol–water partition coefficient (Wildman–Crippen LogP) is 7.69. The lowest BCUT2D eigenvalue weighted by atomic mass is 10.0. The van der Waals surface area contributed by atoms with Gasteiger partial charge < -0.3 is 4.74 Å². The van der Waals surface area contributed by atoms with Crippen molar-refractivity contribution in [1.29, 1.82) is 0 Å². The van der Waals surface area contributed by atoms with Gasteiger partial charge in [0.1, 0.15) is 23.2 Å². The summed E-state index contributed by atoms with van der Waals surface area (Å²) in [6, 6.07) is 13.3. The van der Waals surface area contributed by atoms with E-state index in [0.29, 0.717) is 43.0 Å². The minimum Gasteiger partial charge on any atom is -0.497 e. The molecule has 182 valence electrons. The molecule has 3 heterocycles. The van der Waals surface area contributed by atoms with Crippen molar-refractivity contribution >= 4 is 82.4 Å². The molecule has 0 radical (unpaired) electrons. The first-order valence-corrected chi connectivity index (χ1v) is 13.1. The zero-order valence-corrected chi connectivity index (χ0v) is 21.6. The molecule has 0 saturated carbocycles. The summed E-state index contributed by atoms with van der Waals surface area (Å²) < 4.78 is 34.3. The second kappa shape index (κ2) is 9.11. The second-order valence-corrected chi connectivity index (χ2v) is 10.7. The Kier molecular flexibility index (Phi) is 5.91. The minimum atomic E-state index is -0.498. The van der Waals surface area contributed by atoms with E-state index in [-0.39, 0.29) is 16.1 Å². The van der Waals surface area contributed by atoms with Gasteiger partial charge in [0.05, 0.1) is 43.6 Å². The third-order valence-electron chi connectivity index (χ3n) is 5.76. The van der Waals surface area contributed by atoms with E-state index in [1.807, 2.05) is 29.3 Å². The Labute approximate surface area is 221 Å². The number of nitrogens with zero attached hydrogens (tertiary/aromatic N) is 4. The molecule has 0 spiro atoms.